The quantitative estimate of drug-likeness (QED) is 0.689. The number of anilines is 2. The lowest BCUT2D eigenvalue weighted by Crippen LogP contribution is -2.47. The maximum atomic E-state index is 13.1. The van der Waals surface area contributed by atoms with Gasteiger partial charge in [0.25, 0.3) is 5.91 Å². The van der Waals surface area contributed by atoms with Gasteiger partial charge in [-0.1, -0.05) is 13.8 Å². The zero-order chi connectivity index (χ0) is 21.6. The van der Waals surface area contributed by atoms with E-state index in [9.17, 15) is 14.0 Å². The highest BCUT2D eigenvalue weighted by Gasteiger charge is 2.25. The number of halogens is 1. The summed E-state index contributed by atoms with van der Waals surface area (Å²) >= 11 is 0. The average Bonchev–Trinajstić information content (AvgIpc) is 2.67. The number of rotatable bonds is 8. The van der Waals surface area contributed by atoms with Crippen molar-refractivity contribution >= 4 is 23.2 Å². The number of hydrogen-bond acceptors (Lipinski definition) is 3. The molecule has 0 aromatic heterocycles. The second-order valence-corrected chi connectivity index (χ2v) is 7.62. The van der Waals surface area contributed by atoms with Crippen LogP contribution in [0.2, 0.25) is 0 Å². The zero-order valence-electron chi connectivity index (χ0n) is 17.7. The Hall–Kier alpha value is -2.89. The third kappa shape index (κ3) is 6.04. The molecule has 0 heterocycles. The molecule has 2 N–H and O–H groups in total. The van der Waals surface area contributed by atoms with Gasteiger partial charge in [0.1, 0.15) is 11.9 Å². The Morgan fingerprint density at radius 3 is 2.03 bits per heavy atom. The van der Waals surface area contributed by atoms with Crippen LogP contribution in [0.25, 0.3) is 0 Å². The summed E-state index contributed by atoms with van der Waals surface area (Å²) in [6.07, 6.45) is 0. The molecule has 0 aliphatic heterocycles. The van der Waals surface area contributed by atoms with E-state index in [-0.39, 0.29) is 11.8 Å². The molecule has 1 atom stereocenters. The molecule has 2 rings (SSSR count). The molecule has 0 saturated carbocycles. The summed E-state index contributed by atoms with van der Waals surface area (Å²) in [5, 5.41) is 5.61. The van der Waals surface area contributed by atoms with Gasteiger partial charge >= 0.3 is 0 Å². The van der Waals surface area contributed by atoms with Crippen LogP contribution in [0.4, 0.5) is 15.8 Å². The van der Waals surface area contributed by atoms with Crippen LogP contribution < -0.4 is 15.5 Å². The molecular weight excluding hydrogens is 369 g/mol. The first kappa shape index (κ1) is 22.4. The Morgan fingerprint density at radius 2 is 1.55 bits per heavy atom. The summed E-state index contributed by atoms with van der Waals surface area (Å²) in [7, 11) is 0. The summed E-state index contributed by atoms with van der Waals surface area (Å²) < 4.78 is 13.1. The van der Waals surface area contributed by atoms with Gasteiger partial charge < -0.3 is 15.5 Å². The monoisotopic (exact) mass is 399 g/mol. The van der Waals surface area contributed by atoms with Crippen LogP contribution in [0, 0.1) is 11.7 Å². The van der Waals surface area contributed by atoms with Crippen molar-refractivity contribution in [1.82, 2.24) is 5.32 Å². The van der Waals surface area contributed by atoms with Gasteiger partial charge in [0.2, 0.25) is 5.91 Å². The summed E-state index contributed by atoms with van der Waals surface area (Å²) in [5.41, 5.74) is 2.06. The smallest absolute Gasteiger partial charge is 0.251 e. The molecule has 0 radical (unpaired) electrons. The number of carbonyl (C=O) groups excluding carboxylic acids is 2. The predicted molar refractivity (Wildman–Crippen MR) is 116 cm³/mol. The van der Waals surface area contributed by atoms with Crippen molar-refractivity contribution in [1.29, 1.82) is 0 Å². The van der Waals surface area contributed by atoms with E-state index in [1.165, 1.54) is 24.3 Å². The first-order valence-corrected chi connectivity index (χ1v) is 9.97. The summed E-state index contributed by atoms with van der Waals surface area (Å²) in [5.74, 6) is -1.23. The highest BCUT2D eigenvalue weighted by molar-refractivity contribution is 6.01. The van der Waals surface area contributed by atoms with E-state index in [1.54, 1.807) is 0 Å². The van der Waals surface area contributed by atoms with E-state index in [0.29, 0.717) is 17.3 Å². The minimum atomic E-state index is -0.713. The third-order valence-corrected chi connectivity index (χ3v) is 4.77. The van der Waals surface area contributed by atoms with Crippen molar-refractivity contribution in [2.24, 2.45) is 5.92 Å². The lowest BCUT2D eigenvalue weighted by atomic mass is 10.0. The Labute approximate surface area is 172 Å². The van der Waals surface area contributed by atoms with Crippen molar-refractivity contribution in [2.45, 2.75) is 46.7 Å². The molecule has 6 heteroatoms. The standard InChI is InChI=1S/C23H30FN3O2/c1-6-27(16(4)5)20-13-11-19(12-14-20)25-23(29)21(15(2)3)26-22(28)17-7-9-18(24)10-8-17/h7-16,21H,6H2,1-5H3,(H,25,29)(H,26,28). The highest BCUT2D eigenvalue weighted by Crippen LogP contribution is 2.20. The van der Waals surface area contributed by atoms with Gasteiger partial charge in [-0.2, -0.15) is 0 Å². The fourth-order valence-electron chi connectivity index (χ4n) is 3.16. The van der Waals surface area contributed by atoms with Gasteiger partial charge in [0, 0.05) is 29.5 Å². The molecule has 2 amide bonds. The molecule has 0 saturated heterocycles. The minimum Gasteiger partial charge on any atom is -0.369 e. The van der Waals surface area contributed by atoms with Gasteiger partial charge in [0.05, 0.1) is 0 Å². The second kappa shape index (κ2) is 10.0. The van der Waals surface area contributed by atoms with Crippen molar-refractivity contribution in [3.63, 3.8) is 0 Å². The summed E-state index contributed by atoms with van der Waals surface area (Å²) in [4.78, 5) is 27.4. The molecule has 0 aliphatic carbocycles. The first-order valence-electron chi connectivity index (χ1n) is 9.97. The van der Waals surface area contributed by atoms with Crippen LogP contribution in [0.15, 0.2) is 48.5 Å². The van der Waals surface area contributed by atoms with E-state index in [1.807, 2.05) is 38.1 Å². The first-order chi connectivity index (χ1) is 13.7. The van der Waals surface area contributed by atoms with E-state index in [4.69, 9.17) is 0 Å². The maximum absolute atomic E-state index is 13.1. The van der Waals surface area contributed by atoms with Gasteiger partial charge in [0.15, 0.2) is 0 Å². The predicted octanol–water partition coefficient (Wildman–Crippen LogP) is 4.45. The third-order valence-electron chi connectivity index (χ3n) is 4.77. The van der Waals surface area contributed by atoms with E-state index >= 15 is 0 Å². The molecule has 1 unspecified atom stereocenters. The molecule has 0 fully saturated rings. The summed E-state index contributed by atoms with van der Waals surface area (Å²) in [6.45, 7) is 11.0. The molecule has 0 aliphatic rings. The Morgan fingerprint density at radius 1 is 0.966 bits per heavy atom. The summed E-state index contributed by atoms with van der Waals surface area (Å²) in [6, 6.07) is 12.6. The molecule has 2 aromatic rings. The van der Waals surface area contributed by atoms with Crippen molar-refractivity contribution in [3.8, 4) is 0 Å². The number of amides is 2. The zero-order valence-corrected chi connectivity index (χ0v) is 17.7. The van der Waals surface area contributed by atoms with E-state index in [0.717, 1.165) is 12.2 Å². The number of hydrogen-bond donors (Lipinski definition) is 2. The topological polar surface area (TPSA) is 61.4 Å². The molecule has 2 aromatic carbocycles. The normalized spacial score (nSPS) is 12.0. The highest BCUT2D eigenvalue weighted by atomic mass is 19.1. The lowest BCUT2D eigenvalue weighted by Gasteiger charge is -2.27. The Balaban J connectivity index is 2.07. The lowest BCUT2D eigenvalue weighted by molar-refractivity contribution is -0.118. The molecular formula is C23H30FN3O2. The van der Waals surface area contributed by atoms with Crippen LogP contribution >= 0.6 is 0 Å². The minimum absolute atomic E-state index is 0.116. The Bertz CT molecular complexity index is 817. The van der Waals surface area contributed by atoms with Crippen LogP contribution in [0.1, 0.15) is 45.0 Å². The maximum Gasteiger partial charge on any atom is 0.251 e. The Kier molecular flexibility index (Phi) is 7.76. The van der Waals surface area contributed by atoms with Crippen LogP contribution in [-0.4, -0.2) is 30.4 Å². The largest absolute Gasteiger partial charge is 0.369 e. The number of carbonyl (C=O) groups is 2. The van der Waals surface area contributed by atoms with E-state index < -0.39 is 17.8 Å². The number of benzene rings is 2. The van der Waals surface area contributed by atoms with Gasteiger partial charge in [-0.25, -0.2) is 4.39 Å². The van der Waals surface area contributed by atoms with E-state index in [2.05, 4.69) is 36.3 Å². The molecule has 0 bridgehead atoms. The average molecular weight is 400 g/mol. The molecule has 5 nitrogen and oxygen atoms in total. The van der Waals surface area contributed by atoms with Crippen LogP contribution in [-0.2, 0) is 4.79 Å². The molecule has 156 valence electrons. The number of nitrogens with zero attached hydrogens (tertiary/aromatic N) is 1. The van der Waals surface area contributed by atoms with Gasteiger partial charge in [-0.15, -0.1) is 0 Å². The fourth-order valence-corrected chi connectivity index (χ4v) is 3.16. The molecule has 0 spiro atoms. The van der Waals surface area contributed by atoms with Crippen molar-refractivity contribution in [3.05, 3.63) is 59.9 Å². The van der Waals surface area contributed by atoms with Gasteiger partial charge in [-0.05, 0) is 75.2 Å². The van der Waals surface area contributed by atoms with Gasteiger partial charge in [-0.3, -0.25) is 9.59 Å². The number of nitrogens with one attached hydrogen (secondary N) is 2. The fraction of sp³-hybridized carbons (Fsp3) is 0.391. The second-order valence-electron chi connectivity index (χ2n) is 7.62. The molecule has 29 heavy (non-hydrogen) atoms. The van der Waals surface area contributed by atoms with Crippen LogP contribution in [0.3, 0.4) is 0 Å². The van der Waals surface area contributed by atoms with Crippen molar-refractivity contribution in [2.75, 3.05) is 16.8 Å². The SMILES string of the molecule is CCN(c1ccc(NC(=O)C(NC(=O)c2ccc(F)cc2)C(C)C)cc1)C(C)C. The van der Waals surface area contributed by atoms with Crippen LogP contribution in [0.5, 0.6) is 0 Å². The van der Waals surface area contributed by atoms with Crippen molar-refractivity contribution < 1.29 is 14.0 Å².